The van der Waals surface area contributed by atoms with Gasteiger partial charge in [-0.25, -0.2) is 18.2 Å². The van der Waals surface area contributed by atoms with E-state index in [9.17, 15) is 32.4 Å². The first kappa shape index (κ1) is 42.2. The number of likely N-dealkylation sites (tertiary alicyclic amines) is 1. The largest absolute Gasteiger partial charge is 0.497 e. The molecule has 3 aliphatic carbocycles. The number of sulfonamides is 1. The van der Waals surface area contributed by atoms with Gasteiger partial charge in [0.1, 0.15) is 41.3 Å². The number of likely N-dealkylation sites (N-methyl/N-ethyl adjacent to an activating group) is 1. The monoisotopic (exact) mass is 842 g/mol. The molecule has 5 atom stereocenters. The summed E-state index contributed by atoms with van der Waals surface area (Å²) in [4.78, 5) is 76.2. The van der Waals surface area contributed by atoms with Gasteiger partial charge >= 0.3 is 6.09 Å². The lowest BCUT2D eigenvalue weighted by Crippen LogP contribution is -2.59. The van der Waals surface area contributed by atoms with Gasteiger partial charge in [-0.2, -0.15) is 0 Å². The van der Waals surface area contributed by atoms with Crippen LogP contribution < -0.4 is 24.8 Å². The quantitative estimate of drug-likeness (QED) is 0.141. The van der Waals surface area contributed by atoms with E-state index in [0.717, 1.165) is 24.5 Å². The highest BCUT2D eigenvalue weighted by Gasteiger charge is 2.62. The molecule has 1 saturated heterocycles. The maximum atomic E-state index is 14.8. The Bertz CT molecular complexity index is 2300. The van der Waals surface area contributed by atoms with Crippen LogP contribution in [0.25, 0.3) is 22.2 Å². The topological polar surface area (TPSA) is 203 Å². The fourth-order valence-corrected chi connectivity index (χ4v) is 9.33. The minimum atomic E-state index is -3.96. The van der Waals surface area contributed by atoms with Crippen molar-refractivity contribution >= 4 is 50.6 Å². The van der Waals surface area contributed by atoms with Crippen LogP contribution >= 0.6 is 0 Å². The molecule has 2 aromatic carbocycles. The standard InChI is InChI=1S/C43H50N6O10S/c1-5-27-23-43(27,41(53)47-60(55,56)31-17-18-31)46-39(51)36-21-30(58-37-22-33(26-12-8-7-9-13-26)44-34-20-29(57-4)16-19-32(34)37)24-49(36)40(52)35(25-48(3)38(50)6-2)45-42(54)59-28-14-10-11-15-28/h5-9,12-13,16,19-20,22,27-28,30-31,35-36H,1-2,10-11,14-15,17-18,21,23-25H2,3-4H3,(H,45,54)(H,46,51)(H,47,53). The van der Waals surface area contributed by atoms with Crippen molar-refractivity contribution in [3.63, 3.8) is 0 Å². The Morgan fingerprint density at radius 2 is 1.75 bits per heavy atom. The first-order chi connectivity index (χ1) is 28.7. The van der Waals surface area contributed by atoms with Gasteiger partial charge < -0.3 is 34.6 Å². The van der Waals surface area contributed by atoms with E-state index in [2.05, 4.69) is 28.5 Å². The Hall–Kier alpha value is -5.97. The molecule has 318 valence electrons. The number of carbonyl (C=O) groups excluding carboxylic acids is 5. The van der Waals surface area contributed by atoms with E-state index < -0.39 is 74.6 Å². The van der Waals surface area contributed by atoms with Crippen LogP contribution in [-0.2, 0) is 33.9 Å². The van der Waals surface area contributed by atoms with Crippen LogP contribution in [0, 0.1) is 5.92 Å². The molecular weight excluding hydrogens is 793 g/mol. The van der Waals surface area contributed by atoms with Gasteiger partial charge in [0.15, 0.2) is 0 Å². The molecule has 4 aliphatic rings. The summed E-state index contributed by atoms with van der Waals surface area (Å²) in [6.45, 7) is 6.87. The molecule has 2 heterocycles. The number of nitrogens with one attached hydrogen (secondary N) is 3. The van der Waals surface area contributed by atoms with Crippen molar-refractivity contribution in [3.8, 4) is 22.8 Å². The first-order valence-electron chi connectivity index (χ1n) is 20.1. The lowest BCUT2D eigenvalue weighted by atomic mass is 10.1. The molecule has 3 N–H and O–H groups in total. The van der Waals surface area contributed by atoms with Crippen molar-refractivity contribution < 1.29 is 46.6 Å². The molecule has 3 aromatic rings. The number of hydrogen-bond acceptors (Lipinski definition) is 11. The van der Waals surface area contributed by atoms with Gasteiger partial charge in [0, 0.05) is 42.5 Å². The highest BCUT2D eigenvalue weighted by molar-refractivity contribution is 7.91. The molecule has 0 radical (unpaired) electrons. The second-order valence-corrected chi connectivity index (χ2v) is 17.8. The Balaban J connectivity index is 1.22. The third-order valence-corrected chi connectivity index (χ3v) is 13.4. The number of nitrogens with zero attached hydrogens (tertiary/aromatic N) is 3. The molecule has 0 bridgehead atoms. The second kappa shape index (κ2) is 17.3. The fourth-order valence-electron chi connectivity index (χ4n) is 7.97. The van der Waals surface area contributed by atoms with Crippen molar-refractivity contribution in [2.75, 3.05) is 27.2 Å². The molecule has 60 heavy (non-hydrogen) atoms. The number of amides is 5. The summed E-state index contributed by atoms with van der Waals surface area (Å²) >= 11 is 0. The highest BCUT2D eigenvalue weighted by Crippen LogP contribution is 2.45. The van der Waals surface area contributed by atoms with Crippen molar-refractivity contribution in [1.29, 1.82) is 0 Å². The lowest BCUT2D eigenvalue weighted by Gasteiger charge is -2.31. The fraction of sp³-hybridized carbons (Fsp3) is 0.442. The zero-order valence-electron chi connectivity index (χ0n) is 33.6. The lowest BCUT2D eigenvalue weighted by molar-refractivity contribution is -0.141. The van der Waals surface area contributed by atoms with Gasteiger partial charge in [0.25, 0.3) is 5.91 Å². The smallest absolute Gasteiger partial charge is 0.408 e. The van der Waals surface area contributed by atoms with E-state index >= 15 is 0 Å². The Morgan fingerprint density at radius 3 is 2.40 bits per heavy atom. The minimum absolute atomic E-state index is 0.0598. The third kappa shape index (κ3) is 9.10. The summed E-state index contributed by atoms with van der Waals surface area (Å²) in [6, 6.07) is 14.0. The number of methoxy groups -OCH3 is 1. The van der Waals surface area contributed by atoms with Crippen LogP contribution in [0.4, 0.5) is 4.79 Å². The van der Waals surface area contributed by atoms with E-state index in [4.69, 9.17) is 19.2 Å². The Kier molecular flexibility index (Phi) is 12.2. The van der Waals surface area contributed by atoms with E-state index in [1.165, 1.54) is 22.9 Å². The van der Waals surface area contributed by atoms with Crippen LogP contribution in [0.5, 0.6) is 11.5 Å². The Labute approximate surface area is 348 Å². The van der Waals surface area contributed by atoms with E-state index in [0.29, 0.717) is 53.8 Å². The molecule has 4 fully saturated rings. The number of pyridine rings is 1. The van der Waals surface area contributed by atoms with Gasteiger partial charge in [-0.05, 0) is 63.2 Å². The molecular formula is C43H50N6O10S. The number of alkyl carbamates (subject to hydrolysis) is 1. The SMILES string of the molecule is C=CC(=O)N(C)CC(NC(=O)OC1CCCC1)C(=O)N1CC(Oc2cc(-c3ccccc3)nc3cc(OC)ccc23)CC1C(=O)NC1(C(=O)NS(=O)(=O)C2CC2)CC1C=C. The van der Waals surface area contributed by atoms with Crippen LogP contribution in [0.2, 0.25) is 0 Å². The van der Waals surface area contributed by atoms with Crippen molar-refractivity contribution in [3.05, 3.63) is 79.9 Å². The average molecular weight is 843 g/mol. The maximum Gasteiger partial charge on any atom is 0.408 e. The summed E-state index contributed by atoms with van der Waals surface area (Å²) in [5.41, 5.74) is 0.366. The number of fused-ring (bicyclic) bond motifs is 1. The van der Waals surface area contributed by atoms with Gasteiger partial charge in [0.05, 0.1) is 36.7 Å². The predicted octanol–water partition coefficient (Wildman–Crippen LogP) is 3.61. The predicted molar refractivity (Wildman–Crippen MR) is 221 cm³/mol. The van der Waals surface area contributed by atoms with Crippen LogP contribution in [0.15, 0.2) is 79.9 Å². The van der Waals surface area contributed by atoms with Crippen LogP contribution in [0.3, 0.4) is 0 Å². The normalized spacial score (nSPS) is 22.9. The number of rotatable bonds is 16. The molecule has 1 aliphatic heterocycles. The molecule has 0 spiro atoms. The number of benzene rings is 2. The van der Waals surface area contributed by atoms with Crippen molar-refractivity contribution in [2.24, 2.45) is 5.92 Å². The average Bonchev–Trinajstić information content (AvgIpc) is 4.13. The van der Waals surface area contributed by atoms with Crippen LogP contribution in [0.1, 0.15) is 51.4 Å². The molecule has 1 aromatic heterocycles. The van der Waals surface area contributed by atoms with Gasteiger partial charge in [-0.3, -0.25) is 23.9 Å². The van der Waals surface area contributed by atoms with Gasteiger partial charge in [-0.15, -0.1) is 6.58 Å². The van der Waals surface area contributed by atoms with E-state index in [1.807, 2.05) is 30.3 Å². The summed E-state index contributed by atoms with van der Waals surface area (Å²) in [7, 11) is -0.958. The minimum Gasteiger partial charge on any atom is -0.497 e. The molecule has 5 amide bonds. The summed E-state index contributed by atoms with van der Waals surface area (Å²) in [5.74, 6) is -2.44. The number of ether oxygens (including phenoxy) is 3. The molecule has 3 saturated carbocycles. The second-order valence-electron chi connectivity index (χ2n) is 15.9. The van der Waals surface area contributed by atoms with Gasteiger partial charge in [0.2, 0.25) is 27.7 Å². The summed E-state index contributed by atoms with van der Waals surface area (Å²) in [5, 5.41) is 5.37. The summed E-state index contributed by atoms with van der Waals surface area (Å²) in [6.07, 6.45) is 4.61. The molecule has 16 nitrogen and oxygen atoms in total. The number of hydrogen-bond donors (Lipinski definition) is 3. The highest BCUT2D eigenvalue weighted by atomic mass is 32.2. The van der Waals surface area contributed by atoms with E-state index in [1.54, 1.807) is 31.4 Å². The van der Waals surface area contributed by atoms with Crippen molar-refractivity contribution in [1.82, 2.24) is 30.1 Å². The maximum absolute atomic E-state index is 14.8. The van der Waals surface area contributed by atoms with E-state index in [-0.39, 0.29) is 32.0 Å². The van der Waals surface area contributed by atoms with Crippen molar-refractivity contribution in [2.45, 2.75) is 86.4 Å². The molecule has 7 rings (SSSR count). The number of aromatic nitrogens is 1. The zero-order valence-corrected chi connectivity index (χ0v) is 34.4. The molecule has 17 heteroatoms. The van der Waals surface area contributed by atoms with Crippen LogP contribution in [-0.4, -0.2) is 115 Å². The molecule has 5 unspecified atom stereocenters. The van der Waals surface area contributed by atoms with Gasteiger partial charge in [-0.1, -0.05) is 43.0 Å². The number of carbonyl (C=O) groups is 5. The first-order valence-corrected chi connectivity index (χ1v) is 21.7. The Morgan fingerprint density at radius 1 is 1.02 bits per heavy atom. The summed E-state index contributed by atoms with van der Waals surface area (Å²) < 4.78 is 45.6. The third-order valence-electron chi connectivity index (χ3n) is 11.6. The zero-order chi connectivity index (χ0) is 42.8.